The highest BCUT2D eigenvalue weighted by Gasteiger charge is 2.28. The van der Waals surface area contributed by atoms with Crippen molar-refractivity contribution < 1.29 is 8.42 Å². The zero-order valence-electron chi connectivity index (χ0n) is 14.2. The summed E-state index contributed by atoms with van der Waals surface area (Å²) in [5.74, 6) is 0. The second-order valence-corrected chi connectivity index (χ2v) is 9.83. The first-order valence-electron chi connectivity index (χ1n) is 8.55. The van der Waals surface area contributed by atoms with Gasteiger partial charge in [0.2, 0.25) is 0 Å². The predicted molar refractivity (Wildman–Crippen MR) is 110 cm³/mol. The third-order valence-electron chi connectivity index (χ3n) is 4.64. The molecule has 2 aromatic heterocycles. The van der Waals surface area contributed by atoms with E-state index >= 15 is 0 Å². The van der Waals surface area contributed by atoms with Crippen molar-refractivity contribution in [3.05, 3.63) is 52.0 Å². The average Bonchev–Trinajstić information content (AvgIpc) is 3.39. The first-order valence-corrected chi connectivity index (χ1v) is 11.7. The molecule has 0 spiro atoms. The maximum Gasteiger partial charge on any atom is 0.265 e. The number of thiophene rings is 1. The Morgan fingerprint density at radius 3 is 2.63 bits per heavy atom. The van der Waals surface area contributed by atoms with Gasteiger partial charge in [0.05, 0.1) is 26.7 Å². The van der Waals surface area contributed by atoms with Gasteiger partial charge in [0.25, 0.3) is 10.0 Å². The number of aromatic nitrogens is 2. The van der Waals surface area contributed by atoms with Gasteiger partial charge in [-0.25, -0.2) is 8.42 Å². The minimum absolute atomic E-state index is 0.146. The van der Waals surface area contributed by atoms with Crippen molar-refractivity contribution in [2.45, 2.75) is 36.6 Å². The Kier molecular flexibility index (Phi) is 5.20. The number of anilines is 1. The molecule has 0 radical (unpaired) electrons. The predicted octanol–water partition coefficient (Wildman–Crippen LogP) is 5.83. The highest BCUT2D eigenvalue weighted by molar-refractivity contribution is 7.92. The Bertz CT molecular complexity index is 1060. The van der Waals surface area contributed by atoms with Gasteiger partial charge in [-0.15, -0.1) is 11.3 Å². The van der Waals surface area contributed by atoms with E-state index < -0.39 is 10.0 Å². The molecule has 0 aliphatic heterocycles. The summed E-state index contributed by atoms with van der Waals surface area (Å²) in [6.07, 6.45) is 5.93. The molecule has 4 rings (SSSR count). The van der Waals surface area contributed by atoms with E-state index in [1.807, 2.05) is 17.5 Å². The zero-order chi connectivity index (χ0) is 19.0. The summed E-state index contributed by atoms with van der Waals surface area (Å²) < 4.78 is 30.7. The van der Waals surface area contributed by atoms with Gasteiger partial charge in [0.1, 0.15) is 10.6 Å². The van der Waals surface area contributed by atoms with E-state index in [0.29, 0.717) is 5.69 Å². The molecule has 1 saturated carbocycles. The molecule has 0 bridgehead atoms. The lowest BCUT2D eigenvalue weighted by Gasteiger charge is -2.10. The molecule has 1 aliphatic carbocycles. The van der Waals surface area contributed by atoms with E-state index in [0.717, 1.165) is 30.6 Å². The molecule has 9 heteroatoms. The van der Waals surface area contributed by atoms with Crippen LogP contribution in [-0.4, -0.2) is 18.2 Å². The van der Waals surface area contributed by atoms with Crippen LogP contribution in [0.2, 0.25) is 10.0 Å². The molecule has 1 aromatic carbocycles. The van der Waals surface area contributed by atoms with Crippen molar-refractivity contribution in [2.24, 2.45) is 0 Å². The minimum Gasteiger partial charge on any atom is -0.278 e. The summed E-state index contributed by atoms with van der Waals surface area (Å²) in [4.78, 5) is 0.956. The van der Waals surface area contributed by atoms with Gasteiger partial charge in [0, 0.05) is 6.20 Å². The fourth-order valence-electron chi connectivity index (χ4n) is 3.29. The van der Waals surface area contributed by atoms with Gasteiger partial charge in [0.15, 0.2) is 0 Å². The fourth-order valence-corrected chi connectivity index (χ4v) is 5.71. The van der Waals surface area contributed by atoms with Crippen LogP contribution in [0.1, 0.15) is 31.7 Å². The van der Waals surface area contributed by atoms with Crippen molar-refractivity contribution in [3.63, 3.8) is 0 Å². The smallest absolute Gasteiger partial charge is 0.265 e. The molecule has 0 saturated heterocycles. The summed E-state index contributed by atoms with van der Waals surface area (Å²) in [5, 5.41) is 6.99. The van der Waals surface area contributed by atoms with Crippen LogP contribution >= 0.6 is 34.5 Å². The Balaban J connectivity index is 1.77. The average molecular weight is 442 g/mol. The molecule has 5 nitrogen and oxygen atoms in total. The fraction of sp³-hybridized carbons (Fsp3) is 0.278. The van der Waals surface area contributed by atoms with E-state index in [1.165, 1.54) is 11.3 Å². The van der Waals surface area contributed by atoms with Crippen LogP contribution in [0.15, 0.2) is 46.8 Å². The molecule has 0 unspecified atom stereocenters. The van der Waals surface area contributed by atoms with Crippen LogP contribution < -0.4 is 4.72 Å². The molecule has 3 aromatic rings. The summed E-state index contributed by atoms with van der Waals surface area (Å²) in [5.41, 5.74) is 0.706. The number of hydrogen-bond donors (Lipinski definition) is 1. The quantitative estimate of drug-likeness (QED) is 0.540. The third-order valence-corrected chi connectivity index (χ3v) is 7.70. The Labute approximate surface area is 172 Å². The third kappa shape index (κ3) is 3.74. The highest BCUT2D eigenvalue weighted by Crippen LogP contribution is 2.36. The summed E-state index contributed by atoms with van der Waals surface area (Å²) in [6.45, 7) is 0. The van der Waals surface area contributed by atoms with Crippen molar-refractivity contribution >= 4 is 50.2 Å². The molecule has 1 N–H and O–H groups in total. The Morgan fingerprint density at radius 2 is 1.93 bits per heavy atom. The standard InChI is InChI=1S/C18H17Cl2N3O2S2/c19-13-7-3-8-14(17(13)20)22-27(24,25)16-11-23(12-5-1-2-6-12)21-18(16)15-9-4-10-26-15/h3-4,7-12,22H,1-2,5-6H2. The van der Waals surface area contributed by atoms with E-state index in [2.05, 4.69) is 9.82 Å². The Hall–Kier alpha value is -1.54. The van der Waals surface area contributed by atoms with E-state index in [1.54, 1.807) is 29.1 Å². The second kappa shape index (κ2) is 7.47. The number of rotatable bonds is 5. The largest absolute Gasteiger partial charge is 0.278 e. The second-order valence-electron chi connectivity index (χ2n) is 6.44. The first kappa shape index (κ1) is 18.8. The summed E-state index contributed by atoms with van der Waals surface area (Å²) >= 11 is 13.6. The van der Waals surface area contributed by atoms with Crippen LogP contribution in [0, 0.1) is 0 Å². The molecule has 0 amide bonds. The number of sulfonamides is 1. The number of nitrogens with zero attached hydrogens (tertiary/aromatic N) is 2. The highest BCUT2D eigenvalue weighted by atomic mass is 35.5. The van der Waals surface area contributed by atoms with Gasteiger partial charge in [-0.3, -0.25) is 9.40 Å². The van der Waals surface area contributed by atoms with Crippen LogP contribution in [0.25, 0.3) is 10.6 Å². The van der Waals surface area contributed by atoms with Crippen LogP contribution in [0.3, 0.4) is 0 Å². The molecule has 1 fully saturated rings. The van der Waals surface area contributed by atoms with Crippen LogP contribution in [0.4, 0.5) is 5.69 Å². The number of nitrogens with one attached hydrogen (secondary N) is 1. The minimum atomic E-state index is -3.89. The van der Waals surface area contributed by atoms with Gasteiger partial charge < -0.3 is 0 Å². The SMILES string of the molecule is O=S(=O)(Nc1cccc(Cl)c1Cl)c1cn(C2CCCC2)nc1-c1cccs1. The molecular weight excluding hydrogens is 425 g/mol. The maximum atomic E-state index is 13.1. The molecule has 1 aliphatic rings. The summed E-state index contributed by atoms with van der Waals surface area (Å²) in [7, 11) is -3.89. The molecule has 2 heterocycles. The Morgan fingerprint density at radius 1 is 1.15 bits per heavy atom. The topological polar surface area (TPSA) is 64.0 Å². The van der Waals surface area contributed by atoms with Crippen molar-refractivity contribution in [1.82, 2.24) is 9.78 Å². The van der Waals surface area contributed by atoms with Crippen molar-refractivity contribution in [2.75, 3.05) is 4.72 Å². The lowest BCUT2D eigenvalue weighted by atomic mass is 10.3. The van der Waals surface area contributed by atoms with E-state index in [-0.39, 0.29) is 26.7 Å². The van der Waals surface area contributed by atoms with Gasteiger partial charge >= 0.3 is 0 Å². The number of benzene rings is 1. The molecule has 0 atom stereocenters. The van der Waals surface area contributed by atoms with E-state index in [9.17, 15) is 8.42 Å². The monoisotopic (exact) mass is 441 g/mol. The van der Waals surface area contributed by atoms with E-state index in [4.69, 9.17) is 23.2 Å². The van der Waals surface area contributed by atoms with Gasteiger partial charge in [-0.2, -0.15) is 5.10 Å². The number of hydrogen-bond acceptors (Lipinski definition) is 4. The van der Waals surface area contributed by atoms with Crippen molar-refractivity contribution in [3.8, 4) is 10.6 Å². The lowest BCUT2D eigenvalue weighted by molar-refractivity contribution is 0.467. The molecule has 142 valence electrons. The normalized spacial score (nSPS) is 15.3. The lowest BCUT2D eigenvalue weighted by Crippen LogP contribution is -2.13. The van der Waals surface area contributed by atoms with Gasteiger partial charge in [-0.1, -0.05) is 48.2 Å². The van der Waals surface area contributed by atoms with Gasteiger partial charge in [-0.05, 0) is 36.4 Å². The molecule has 27 heavy (non-hydrogen) atoms. The summed E-state index contributed by atoms with van der Waals surface area (Å²) in [6, 6.07) is 8.83. The van der Waals surface area contributed by atoms with Crippen LogP contribution in [0.5, 0.6) is 0 Å². The maximum absolute atomic E-state index is 13.1. The van der Waals surface area contributed by atoms with Crippen LogP contribution in [-0.2, 0) is 10.0 Å². The number of halogens is 2. The first-order chi connectivity index (χ1) is 13.0. The molecular formula is C18H17Cl2N3O2S2. The zero-order valence-corrected chi connectivity index (χ0v) is 17.4. The van der Waals surface area contributed by atoms with Crippen molar-refractivity contribution in [1.29, 1.82) is 0 Å².